The summed E-state index contributed by atoms with van der Waals surface area (Å²) in [5.74, 6) is 1.77. The Kier molecular flexibility index (Phi) is 6.12. The van der Waals surface area contributed by atoms with E-state index in [0.29, 0.717) is 18.8 Å². The van der Waals surface area contributed by atoms with E-state index in [4.69, 9.17) is 9.47 Å². The van der Waals surface area contributed by atoms with Crippen LogP contribution < -0.4 is 10.1 Å². The number of aliphatic hydroxyl groups excluding tert-OH is 1. The standard InChI is InChI=1S/C25H29NO5S/c1-14-11-18-9-10-25(4,31-22(18)16(3)15(2)21(14)27)13-30-19-7-5-17(6-8-19)12-20-23(28)26-24(29)32-20/h5-8,20,27H,9-13H2,1-4H3,(H,26,28,29). The Morgan fingerprint density at radius 1 is 1.19 bits per heavy atom. The molecule has 3 aliphatic rings. The molecule has 2 heterocycles. The Morgan fingerprint density at radius 2 is 1.91 bits per heavy atom. The van der Waals surface area contributed by atoms with Gasteiger partial charge in [-0.15, -0.1) is 0 Å². The van der Waals surface area contributed by atoms with Crippen LogP contribution in [0, 0.1) is 0 Å². The van der Waals surface area contributed by atoms with Gasteiger partial charge in [-0.25, -0.2) is 0 Å². The molecule has 6 nitrogen and oxygen atoms in total. The molecule has 1 aromatic rings. The Bertz CT molecular complexity index is 1050. The molecule has 7 heteroatoms. The zero-order valence-electron chi connectivity index (χ0n) is 18.9. The monoisotopic (exact) mass is 455 g/mol. The smallest absolute Gasteiger partial charge is 0.286 e. The van der Waals surface area contributed by atoms with Crippen molar-refractivity contribution in [2.24, 2.45) is 0 Å². The Labute approximate surface area is 192 Å². The molecule has 1 aromatic carbocycles. The second-order valence-corrected chi connectivity index (χ2v) is 10.2. The molecule has 2 atom stereocenters. The van der Waals surface area contributed by atoms with Gasteiger partial charge in [-0.3, -0.25) is 14.9 Å². The number of imide groups is 1. The second kappa shape index (κ2) is 8.70. The molecule has 1 fully saturated rings. The van der Waals surface area contributed by atoms with E-state index in [1.165, 1.54) is 5.57 Å². The molecule has 2 unspecified atom stereocenters. The van der Waals surface area contributed by atoms with Gasteiger partial charge in [-0.2, -0.15) is 0 Å². The highest BCUT2D eigenvalue weighted by Crippen LogP contribution is 2.41. The number of hydrogen-bond donors (Lipinski definition) is 2. The van der Waals surface area contributed by atoms with Crippen molar-refractivity contribution in [3.63, 3.8) is 0 Å². The summed E-state index contributed by atoms with van der Waals surface area (Å²) in [4.78, 5) is 23.1. The molecule has 0 saturated carbocycles. The van der Waals surface area contributed by atoms with Gasteiger partial charge in [0.25, 0.3) is 5.24 Å². The SMILES string of the molecule is CC1=C(O)C(C)=C(C)C2=C(CCC(C)(COc3ccc(CC4SC(=O)NC4=O)cc3)O2)C1. The number of carbonyl (C=O) groups excluding carboxylic acids is 2. The maximum atomic E-state index is 11.8. The lowest BCUT2D eigenvalue weighted by Crippen LogP contribution is -2.38. The molecular formula is C25H29NO5S. The van der Waals surface area contributed by atoms with E-state index in [1.54, 1.807) is 0 Å². The van der Waals surface area contributed by atoms with Crippen LogP contribution in [0.2, 0.25) is 0 Å². The minimum atomic E-state index is -0.466. The first kappa shape index (κ1) is 22.5. The maximum Gasteiger partial charge on any atom is 0.286 e. The molecule has 1 saturated heterocycles. The molecule has 0 bridgehead atoms. The third-order valence-electron chi connectivity index (χ3n) is 6.42. The highest BCUT2D eigenvalue weighted by molar-refractivity contribution is 8.15. The molecule has 2 aliphatic heterocycles. The largest absolute Gasteiger partial charge is 0.508 e. The summed E-state index contributed by atoms with van der Waals surface area (Å²) in [5.41, 5.74) is 4.57. The Balaban J connectivity index is 1.39. The number of thioether (sulfide) groups is 1. The van der Waals surface area contributed by atoms with Gasteiger partial charge >= 0.3 is 0 Å². The van der Waals surface area contributed by atoms with Crippen molar-refractivity contribution >= 4 is 22.9 Å². The van der Waals surface area contributed by atoms with E-state index < -0.39 is 5.60 Å². The first-order valence-corrected chi connectivity index (χ1v) is 11.7. The predicted octanol–water partition coefficient (Wildman–Crippen LogP) is 5.35. The topological polar surface area (TPSA) is 84.9 Å². The molecule has 0 radical (unpaired) electrons. The number of hydrogen-bond acceptors (Lipinski definition) is 6. The number of nitrogens with one attached hydrogen (secondary N) is 1. The summed E-state index contributed by atoms with van der Waals surface area (Å²) < 4.78 is 12.5. The molecule has 170 valence electrons. The third-order valence-corrected chi connectivity index (χ3v) is 7.40. The normalized spacial score (nSPS) is 26.1. The molecule has 1 aliphatic carbocycles. The van der Waals surface area contributed by atoms with Crippen LogP contribution in [0.1, 0.15) is 52.5 Å². The average molecular weight is 456 g/mol. The Hall–Kier alpha value is -2.67. The minimum Gasteiger partial charge on any atom is -0.508 e. The van der Waals surface area contributed by atoms with Gasteiger partial charge in [0.15, 0.2) is 0 Å². The number of benzene rings is 1. The van der Waals surface area contributed by atoms with Gasteiger partial charge in [0.05, 0.1) is 5.25 Å². The molecular weight excluding hydrogens is 426 g/mol. The van der Waals surface area contributed by atoms with E-state index in [2.05, 4.69) is 12.2 Å². The van der Waals surface area contributed by atoms with Crippen LogP contribution in [0.15, 0.2) is 58.1 Å². The summed E-state index contributed by atoms with van der Waals surface area (Å²) in [5, 5.41) is 12.1. The van der Waals surface area contributed by atoms with Crippen LogP contribution in [0.5, 0.6) is 5.75 Å². The van der Waals surface area contributed by atoms with E-state index in [-0.39, 0.29) is 16.4 Å². The van der Waals surface area contributed by atoms with E-state index >= 15 is 0 Å². The highest BCUT2D eigenvalue weighted by Gasteiger charge is 2.36. The Morgan fingerprint density at radius 3 is 2.56 bits per heavy atom. The molecule has 0 aromatic heterocycles. The molecule has 4 rings (SSSR count). The van der Waals surface area contributed by atoms with Gasteiger partial charge in [0.1, 0.15) is 29.5 Å². The van der Waals surface area contributed by atoms with Crippen LogP contribution in [0.3, 0.4) is 0 Å². The van der Waals surface area contributed by atoms with Crippen molar-refractivity contribution in [3.8, 4) is 5.75 Å². The van der Waals surface area contributed by atoms with Gasteiger partial charge in [-0.05, 0) is 93.4 Å². The summed E-state index contributed by atoms with van der Waals surface area (Å²) in [6.07, 6.45) is 2.98. The van der Waals surface area contributed by atoms with E-state index in [0.717, 1.165) is 64.8 Å². The van der Waals surface area contributed by atoms with Crippen molar-refractivity contribution in [1.82, 2.24) is 5.32 Å². The number of ether oxygens (including phenoxy) is 2. The molecule has 2 amide bonds. The first-order valence-electron chi connectivity index (χ1n) is 10.9. The van der Waals surface area contributed by atoms with Crippen LogP contribution in [-0.4, -0.2) is 33.7 Å². The second-order valence-electron chi connectivity index (χ2n) is 9.06. The fourth-order valence-electron chi connectivity index (χ4n) is 4.28. The van der Waals surface area contributed by atoms with Crippen molar-refractivity contribution in [1.29, 1.82) is 0 Å². The number of amides is 2. The first-order chi connectivity index (χ1) is 15.1. The zero-order chi connectivity index (χ0) is 23.0. The van der Waals surface area contributed by atoms with Crippen LogP contribution in [0.25, 0.3) is 0 Å². The van der Waals surface area contributed by atoms with Gasteiger partial charge in [0, 0.05) is 0 Å². The van der Waals surface area contributed by atoms with Gasteiger partial charge in [-0.1, -0.05) is 23.9 Å². The minimum absolute atomic E-state index is 0.229. The van der Waals surface area contributed by atoms with E-state index in [1.807, 2.05) is 45.0 Å². The van der Waals surface area contributed by atoms with Crippen molar-refractivity contribution in [3.05, 3.63) is 63.6 Å². The molecule has 0 spiro atoms. The zero-order valence-corrected chi connectivity index (χ0v) is 19.7. The quantitative estimate of drug-likeness (QED) is 0.622. The number of rotatable bonds is 5. The lowest BCUT2D eigenvalue weighted by Gasteiger charge is -2.37. The fraction of sp³-hybridized carbons (Fsp3) is 0.440. The fourth-order valence-corrected chi connectivity index (χ4v) is 5.14. The highest BCUT2D eigenvalue weighted by atomic mass is 32.2. The van der Waals surface area contributed by atoms with Crippen LogP contribution in [-0.2, 0) is 16.0 Å². The van der Waals surface area contributed by atoms with Gasteiger partial charge < -0.3 is 14.6 Å². The van der Waals surface area contributed by atoms with Crippen LogP contribution in [0.4, 0.5) is 4.79 Å². The predicted molar refractivity (Wildman–Crippen MR) is 125 cm³/mol. The lowest BCUT2D eigenvalue weighted by atomic mass is 9.89. The third kappa shape index (κ3) is 4.58. The van der Waals surface area contributed by atoms with E-state index in [9.17, 15) is 14.7 Å². The van der Waals surface area contributed by atoms with Crippen molar-refractivity contribution in [2.45, 2.75) is 64.2 Å². The lowest BCUT2D eigenvalue weighted by molar-refractivity contribution is -0.118. The maximum absolute atomic E-state index is 11.8. The summed E-state index contributed by atoms with van der Waals surface area (Å²) in [6, 6.07) is 7.63. The number of carbonyl (C=O) groups is 2. The number of allylic oxidation sites excluding steroid dienone is 4. The van der Waals surface area contributed by atoms with Gasteiger partial charge in [0.2, 0.25) is 5.91 Å². The summed E-state index contributed by atoms with van der Waals surface area (Å²) in [6.45, 7) is 8.37. The van der Waals surface area contributed by atoms with Crippen molar-refractivity contribution < 1.29 is 24.2 Å². The van der Waals surface area contributed by atoms with Crippen molar-refractivity contribution in [2.75, 3.05) is 6.61 Å². The number of aliphatic hydroxyl groups is 1. The summed E-state index contributed by atoms with van der Waals surface area (Å²) >= 11 is 1.04. The van der Waals surface area contributed by atoms with Crippen LogP contribution >= 0.6 is 11.8 Å². The summed E-state index contributed by atoms with van der Waals surface area (Å²) in [7, 11) is 0. The average Bonchev–Trinajstić information content (AvgIpc) is 3.06. The molecule has 2 N–H and O–H groups in total. The molecule has 32 heavy (non-hydrogen) atoms.